The molecule has 1 saturated carbocycles. The molecule has 1 aromatic carbocycles. The van der Waals surface area contributed by atoms with Crippen molar-refractivity contribution in [1.29, 1.82) is 0 Å². The second-order valence-electron chi connectivity index (χ2n) is 7.21. The fourth-order valence-corrected chi connectivity index (χ4v) is 4.15. The minimum absolute atomic E-state index is 0.0393. The van der Waals surface area contributed by atoms with Gasteiger partial charge in [-0.1, -0.05) is 18.2 Å². The first kappa shape index (κ1) is 13.4. The van der Waals surface area contributed by atoms with Gasteiger partial charge in [0.15, 0.2) is 0 Å². The maximum absolute atomic E-state index is 12.5. The molecule has 4 nitrogen and oxygen atoms in total. The molecule has 2 N–H and O–H groups in total. The van der Waals surface area contributed by atoms with E-state index in [2.05, 4.69) is 52.7 Å². The number of aromatic nitrogens is 1. The largest absolute Gasteiger partial charge is 0.361 e. The van der Waals surface area contributed by atoms with E-state index in [1.54, 1.807) is 0 Å². The van der Waals surface area contributed by atoms with Crippen molar-refractivity contribution in [2.75, 3.05) is 13.6 Å². The van der Waals surface area contributed by atoms with Crippen molar-refractivity contribution in [2.45, 2.75) is 31.3 Å². The summed E-state index contributed by atoms with van der Waals surface area (Å²) in [7, 11) is 2.15. The van der Waals surface area contributed by atoms with Crippen LogP contribution in [0.1, 0.15) is 24.0 Å². The third kappa shape index (κ3) is 2.05. The van der Waals surface area contributed by atoms with E-state index < -0.39 is 0 Å². The molecular weight excluding hydrogens is 286 g/mol. The number of likely N-dealkylation sites (N-methyl/N-ethyl adjacent to an activating group) is 1. The Balaban J connectivity index is 1.59. The number of fused-ring (bicyclic) bond motifs is 2. The van der Waals surface area contributed by atoms with Crippen LogP contribution in [0.25, 0.3) is 16.5 Å². The van der Waals surface area contributed by atoms with Gasteiger partial charge in [-0.3, -0.25) is 9.69 Å². The van der Waals surface area contributed by atoms with Gasteiger partial charge in [0.1, 0.15) is 0 Å². The Labute approximate surface area is 135 Å². The summed E-state index contributed by atoms with van der Waals surface area (Å²) in [6.45, 7) is 0.808. The third-order valence-corrected chi connectivity index (χ3v) is 5.53. The van der Waals surface area contributed by atoms with Gasteiger partial charge in [0, 0.05) is 35.7 Å². The Hall–Kier alpha value is -2.07. The second kappa shape index (κ2) is 4.71. The van der Waals surface area contributed by atoms with Crippen LogP contribution >= 0.6 is 0 Å². The number of hydrogen-bond acceptors (Lipinski definition) is 2. The van der Waals surface area contributed by atoms with Crippen LogP contribution in [0.3, 0.4) is 0 Å². The topological polar surface area (TPSA) is 48.1 Å². The number of carbonyl (C=O) groups excluding carboxylic acids is 1. The van der Waals surface area contributed by atoms with Gasteiger partial charge in [0.05, 0.1) is 5.92 Å². The van der Waals surface area contributed by atoms with Gasteiger partial charge in [0.2, 0.25) is 5.91 Å². The predicted octanol–water partition coefficient (Wildman–Crippen LogP) is 2.32. The van der Waals surface area contributed by atoms with E-state index >= 15 is 0 Å². The Morgan fingerprint density at radius 3 is 3.04 bits per heavy atom. The lowest BCUT2D eigenvalue weighted by Gasteiger charge is -2.39. The van der Waals surface area contributed by atoms with Crippen molar-refractivity contribution in [1.82, 2.24) is 15.2 Å². The molecule has 1 amide bonds. The van der Waals surface area contributed by atoms with E-state index in [1.165, 1.54) is 27.6 Å². The monoisotopic (exact) mass is 307 g/mol. The lowest BCUT2D eigenvalue weighted by molar-refractivity contribution is -0.124. The first-order chi connectivity index (χ1) is 11.2. The summed E-state index contributed by atoms with van der Waals surface area (Å²) in [4.78, 5) is 18.3. The Morgan fingerprint density at radius 2 is 2.22 bits per heavy atom. The van der Waals surface area contributed by atoms with Crippen molar-refractivity contribution < 1.29 is 4.79 Å². The van der Waals surface area contributed by atoms with Crippen molar-refractivity contribution in [3.63, 3.8) is 0 Å². The molecule has 0 spiro atoms. The van der Waals surface area contributed by atoms with Crippen LogP contribution in [0, 0.1) is 5.92 Å². The van der Waals surface area contributed by atoms with Gasteiger partial charge < -0.3 is 10.3 Å². The highest BCUT2D eigenvalue weighted by Crippen LogP contribution is 2.40. The molecule has 0 radical (unpaired) electrons. The van der Waals surface area contributed by atoms with E-state index in [0.717, 1.165) is 25.8 Å². The molecule has 2 aromatic rings. The van der Waals surface area contributed by atoms with Crippen LogP contribution in [0.2, 0.25) is 0 Å². The number of amides is 1. The third-order valence-electron chi connectivity index (χ3n) is 5.53. The molecule has 2 heterocycles. The molecule has 2 aliphatic carbocycles. The smallest absolute Gasteiger partial charge is 0.228 e. The van der Waals surface area contributed by atoms with E-state index in [-0.39, 0.29) is 11.8 Å². The molecule has 0 saturated heterocycles. The Kier molecular flexibility index (Phi) is 2.74. The van der Waals surface area contributed by atoms with Gasteiger partial charge in [-0.05, 0) is 49.1 Å². The maximum Gasteiger partial charge on any atom is 0.228 e. The fourth-order valence-electron chi connectivity index (χ4n) is 4.15. The van der Waals surface area contributed by atoms with Crippen LogP contribution in [0.15, 0.2) is 30.5 Å². The van der Waals surface area contributed by atoms with Crippen molar-refractivity contribution >= 4 is 22.4 Å². The molecule has 2 atom stereocenters. The average Bonchev–Trinajstić information content (AvgIpc) is 3.27. The first-order valence-corrected chi connectivity index (χ1v) is 8.52. The summed E-state index contributed by atoms with van der Waals surface area (Å²) < 4.78 is 0. The quantitative estimate of drug-likeness (QED) is 0.894. The fraction of sp³-hybridized carbons (Fsp3) is 0.421. The summed E-state index contributed by atoms with van der Waals surface area (Å²) in [5, 5.41) is 4.50. The zero-order valence-corrected chi connectivity index (χ0v) is 13.3. The number of benzene rings is 1. The summed E-state index contributed by atoms with van der Waals surface area (Å²) >= 11 is 0. The number of nitrogens with zero attached hydrogens (tertiary/aromatic N) is 1. The molecule has 1 aromatic heterocycles. The highest BCUT2D eigenvalue weighted by molar-refractivity contribution is 5.99. The summed E-state index contributed by atoms with van der Waals surface area (Å²) in [6, 6.07) is 7.25. The SMILES string of the molecule is CN1CC(C(=O)NC2CC2)C=C2c3cccc4[nH]cc(c34)CC21. The molecule has 5 rings (SSSR count). The number of carbonyl (C=O) groups is 1. The molecule has 118 valence electrons. The highest BCUT2D eigenvalue weighted by Gasteiger charge is 2.36. The van der Waals surface area contributed by atoms with Crippen LogP contribution in [0.5, 0.6) is 0 Å². The maximum atomic E-state index is 12.5. The van der Waals surface area contributed by atoms with E-state index in [1.807, 2.05) is 0 Å². The Bertz CT molecular complexity index is 830. The molecular formula is C19H21N3O. The molecule has 4 heteroatoms. The summed E-state index contributed by atoms with van der Waals surface area (Å²) in [5.41, 5.74) is 5.22. The zero-order chi connectivity index (χ0) is 15.6. The average molecular weight is 307 g/mol. The predicted molar refractivity (Wildman–Crippen MR) is 91.1 cm³/mol. The highest BCUT2D eigenvalue weighted by atomic mass is 16.2. The minimum Gasteiger partial charge on any atom is -0.361 e. The number of hydrogen-bond donors (Lipinski definition) is 2. The Morgan fingerprint density at radius 1 is 1.35 bits per heavy atom. The van der Waals surface area contributed by atoms with Crippen molar-refractivity contribution in [3.05, 3.63) is 41.6 Å². The van der Waals surface area contributed by atoms with Crippen molar-refractivity contribution in [3.8, 4) is 0 Å². The van der Waals surface area contributed by atoms with Gasteiger partial charge in [-0.25, -0.2) is 0 Å². The second-order valence-corrected chi connectivity index (χ2v) is 7.21. The van der Waals surface area contributed by atoms with E-state index in [4.69, 9.17) is 0 Å². The van der Waals surface area contributed by atoms with E-state index in [9.17, 15) is 4.79 Å². The van der Waals surface area contributed by atoms with Gasteiger partial charge >= 0.3 is 0 Å². The summed E-state index contributed by atoms with van der Waals surface area (Å²) in [6.07, 6.45) is 7.67. The number of rotatable bonds is 2. The number of H-pyrrole nitrogens is 1. The molecule has 1 aliphatic heterocycles. The standard InChI is InChI=1S/C19H21N3O/c1-22-10-12(19(23)21-13-5-6-13)7-15-14-3-2-4-16-18(14)11(9-20-16)8-17(15)22/h2-4,7,9,12-13,17,20H,5-6,8,10H2,1H3,(H,21,23). The first-order valence-electron chi connectivity index (χ1n) is 8.52. The number of nitrogens with one attached hydrogen (secondary N) is 2. The van der Waals surface area contributed by atoms with Crippen LogP contribution < -0.4 is 5.32 Å². The molecule has 2 unspecified atom stereocenters. The van der Waals surface area contributed by atoms with Gasteiger partial charge in [0.25, 0.3) is 0 Å². The zero-order valence-electron chi connectivity index (χ0n) is 13.3. The lowest BCUT2D eigenvalue weighted by Crippen LogP contribution is -2.46. The number of aromatic amines is 1. The molecule has 3 aliphatic rings. The van der Waals surface area contributed by atoms with Crippen LogP contribution in [-0.4, -0.2) is 41.5 Å². The van der Waals surface area contributed by atoms with Gasteiger partial charge in [-0.2, -0.15) is 0 Å². The lowest BCUT2D eigenvalue weighted by atomic mass is 9.80. The minimum atomic E-state index is -0.0393. The van der Waals surface area contributed by atoms with Crippen LogP contribution in [0.4, 0.5) is 0 Å². The molecule has 23 heavy (non-hydrogen) atoms. The normalized spacial score (nSPS) is 26.7. The summed E-state index contributed by atoms with van der Waals surface area (Å²) in [5.74, 6) is 0.153. The van der Waals surface area contributed by atoms with Crippen molar-refractivity contribution in [2.24, 2.45) is 5.92 Å². The van der Waals surface area contributed by atoms with Crippen LogP contribution in [-0.2, 0) is 11.2 Å². The van der Waals surface area contributed by atoms with E-state index in [0.29, 0.717) is 12.1 Å². The van der Waals surface area contributed by atoms with Gasteiger partial charge in [-0.15, -0.1) is 0 Å². The molecule has 0 bridgehead atoms. The molecule has 1 fully saturated rings.